The molecule has 15 heavy (non-hydrogen) atoms. The van der Waals surface area contributed by atoms with E-state index < -0.39 is 0 Å². The zero-order valence-corrected chi connectivity index (χ0v) is 9.31. The van der Waals surface area contributed by atoms with Crippen molar-refractivity contribution in [3.05, 3.63) is 23.8 Å². The minimum absolute atomic E-state index is 0.101. The molecule has 1 unspecified atom stereocenters. The molecule has 82 valence electrons. The first-order valence-corrected chi connectivity index (χ1v) is 6.15. The first kappa shape index (κ1) is 10.5. The van der Waals surface area contributed by atoms with Gasteiger partial charge < -0.3 is 9.88 Å². The zero-order valence-electron chi connectivity index (χ0n) is 8.50. The van der Waals surface area contributed by atoms with E-state index in [-0.39, 0.29) is 11.7 Å². The lowest BCUT2D eigenvalue weighted by molar-refractivity contribution is 0.0788. The molecular formula is C10H13FN2OS. The van der Waals surface area contributed by atoms with E-state index in [0.29, 0.717) is 10.9 Å². The summed E-state index contributed by atoms with van der Waals surface area (Å²) >= 11 is 1.78. The summed E-state index contributed by atoms with van der Waals surface area (Å²) in [4.78, 5) is 16.3. The minimum atomic E-state index is -0.390. The normalized spacial score (nSPS) is 20.9. The monoisotopic (exact) mass is 228 g/mol. The molecule has 1 amide bonds. The summed E-state index contributed by atoms with van der Waals surface area (Å²) in [7, 11) is 0. The number of carbonyl (C=O) groups excluding carboxylic acids is 1. The van der Waals surface area contributed by atoms with Gasteiger partial charge in [-0.3, -0.25) is 4.79 Å². The van der Waals surface area contributed by atoms with E-state index >= 15 is 0 Å². The third-order valence-electron chi connectivity index (χ3n) is 2.64. The highest BCUT2D eigenvalue weighted by atomic mass is 32.2. The number of amides is 1. The van der Waals surface area contributed by atoms with E-state index in [0.717, 1.165) is 19.5 Å². The number of aromatic amines is 1. The van der Waals surface area contributed by atoms with Crippen molar-refractivity contribution in [3.8, 4) is 0 Å². The molecule has 5 heteroatoms. The second kappa shape index (κ2) is 4.26. The van der Waals surface area contributed by atoms with Crippen molar-refractivity contribution in [1.82, 2.24) is 9.88 Å². The van der Waals surface area contributed by atoms with E-state index in [1.54, 1.807) is 16.7 Å². The van der Waals surface area contributed by atoms with Crippen LogP contribution in [0.25, 0.3) is 0 Å². The highest BCUT2D eigenvalue weighted by molar-refractivity contribution is 7.99. The predicted molar refractivity (Wildman–Crippen MR) is 58.6 cm³/mol. The number of nitrogens with zero attached hydrogens (tertiary/aromatic N) is 1. The second-order valence-corrected chi connectivity index (χ2v) is 4.77. The highest BCUT2D eigenvalue weighted by Crippen LogP contribution is 2.21. The number of carbonyl (C=O) groups is 1. The molecule has 0 aromatic carbocycles. The third-order valence-corrected chi connectivity index (χ3v) is 3.70. The number of H-pyrrole nitrogens is 1. The molecular weight excluding hydrogens is 215 g/mol. The van der Waals surface area contributed by atoms with Gasteiger partial charge in [-0.05, 0) is 12.7 Å². The summed E-state index contributed by atoms with van der Waals surface area (Å²) in [6, 6.07) is 1.24. The Morgan fingerprint density at radius 3 is 3.07 bits per heavy atom. The molecule has 2 heterocycles. The second-order valence-electron chi connectivity index (χ2n) is 3.63. The lowest BCUT2D eigenvalue weighted by atomic mass is 10.4. The fraction of sp³-hybridized carbons (Fsp3) is 0.500. The van der Waals surface area contributed by atoms with Gasteiger partial charge in [-0.15, -0.1) is 0 Å². The van der Waals surface area contributed by atoms with Gasteiger partial charge >= 0.3 is 0 Å². The first-order chi connectivity index (χ1) is 7.20. The molecule has 1 fully saturated rings. The van der Waals surface area contributed by atoms with Crippen LogP contribution in [0.3, 0.4) is 0 Å². The van der Waals surface area contributed by atoms with Crippen molar-refractivity contribution >= 4 is 17.7 Å². The van der Waals surface area contributed by atoms with Crippen molar-refractivity contribution in [2.75, 3.05) is 19.3 Å². The summed E-state index contributed by atoms with van der Waals surface area (Å²) in [6.07, 6.45) is 4.28. The maximum absolute atomic E-state index is 12.7. The maximum atomic E-state index is 12.7. The van der Waals surface area contributed by atoms with Gasteiger partial charge in [0.15, 0.2) is 0 Å². The molecule has 0 spiro atoms. The van der Waals surface area contributed by atoms with Crippen molar-refractivity contribution < 1.29 is 9.18 Å². The molecule has 0 radical (unpaired) electrons. The average Bonchev–Trinajstić information content (AvgIpc) is 2.84. The van der Waals surface area contributed by atoms with Crippen molar-refractivity contribution in [2.24, 2.45) is 0 Å². The van der Waals surface area contributed by atoms with Gasteiger partial charge in [-0.25, -0.2) is 4.39 Å². The van der Waals surface area contributed by atoms with Crippen LogP contribution < -0.4 is 0 Å². The van der Waals surface area contributed by atoms with E-state index in [9.17, 15) is 9.18 Å². The van der Waals surface area contributed by atoms with Crippen LogP contribution in [0.15, 0.2) is 12.3 Å². The maximum Gasteiger partial charge on any atom is 0.270 e. The van der Waals surface area contributed by atoms with Gasteiger partial charge in [0.2, 0.25) is 0 Å². The van der Waals surface area contributed by atoms with Crippen LogP contribution in [0, 0.1) is 5.82 Å². The van der Waals surface area contributed by atoms with Gasteiger partial charge in [-0.2, -0.15) is 11.8 Å². The van der Waals surface area contributed by atoms with Crippen LogP contribution in [0.4, 0.5) is 4.39 Å². The number of hydrogen-bond donors (Lipinski definition) is 1. The molecule has 2 rings (SSSR count). The summed E-state index contributed by atoms with van der Waals surface area (Å²) in [5.74, 6) is -0.491. The number of likely N-dealkylation sites (tertiary alicyclic amines) is 1. The fourth-order valence-electron chi connectivity index (χ4n) is 1.77. The van der Waals surface area contributed by atoms with E-state index in [1.807, 2.05) is 6.26 Å². The van der Waals surface area contributed by atoms with Crippen LogP contribution in [0.1, 0.15) is 16.9 Å². The van der Waals surface area contributed by atoms with Gasteiger partial charge in [0.25, 0.3) is 5.91 Å². The van der Waals surface area contributed by atoms with Gasteiger partial charge in [0, 0.05) is 30.6 Å². The quantitative estimate of drug-likeness (QED) is 0.837. The summed E-state index contributed by atoms with van der Waals surface area (Å²) in [6.45, 7) is 1.53. The number of hydrogen-bond acceptors (Lipinski definition) is 2. The van der Waals surface area contributed by atoms with Gasteiger partial charge in [-0.1, -0.05) is 0 Å². The highest BCUT2D eigenvalue weighted by Gasteiger charge is 2.26. The average molecular weight is 228 g/mol. The molecule has 1 aliphatic heterocycles. The van der Waals surface area contributed by atoms with Crippen LogP contribution in [-0.2, 0) is 0 Å². The molecule has 0 saturated carbocycles. The fourth-order valence-corrected chi connectivity index (χ4v) is 2.44. The Morgan fingerprint density at radius 2 is 2.53 bits per heavy atom. The van der Waals surface area contributed by atoms with Crippen LogP contribution in [0.2, 0.25) is 0 Å². The molecule has 0 aliphatic carbocycles. The Hall–Kier alpha value is -0.970. The summed E-state index contributed by atoms with van der Waals surface area (Å²) in [5.41, 5.74) is 0.342. The zero-order chi connectivity index (χ0) is 10.8. The van der Waals surface area contributed by atoms with Gasteiger partial charge in [0.1, 0.15) is 11.5 Å². The molecule has 1 saturated heterocycles. The van der Waals surface area contributed by atoms with Crippen LogP contribution in [0.5, 0.6) is 0 Å². The van der Waals surface area contributed by atoms with E-state index in [1.165, 1.54) is 12.3 Å². The van der Waals surface area contributed by atoms with Gasteiger partial charge in [0.05, 0.1) is 0 Å². The van der Waals surface area contributed by atoms with Crippen molar-refractivity contribution in [2.45, 2.75) is 11.7 Å². The minimum Gasteiger partial charge on any atom is -0.355 e. The summed E-state index contributed by atoms with van der Waals surface area (Å²) < 4.78 is 12.7. The lowest BCUT2D eigenvalue weighted by Gasteiger charge is -2.14. The number of thioether (sulfide) groups is 1. The SMILES string of the molecule is CSC1CCN(C(=O)c2cc(F)c[nH]2)C1. The molecule has 1 aromatic rings. The standard InChI is InChI=1S/C10H13FN2OS/c1-15-8-2-3-13(6-8)10(14)9-4-7(11)5-12-9/h4-5,8,12H,2-3,6H2,1H3. The molecule has 3 nitrogen and oxygen atoms in total. The number of rotatable bonds is 2. The topological polar surface area (TPSA) is 36.1 Å². The Balaban J connectivity index is 2.03. The Labute approximate surface area is 92.0 Å². The molecule has 1 atom stereocenters. The Morgan fingerprint density at radius 1 is 1.73 bits per heavy atom. The van der Waals surface area contributed by atoms with Crippen molar-refractivity contribution in [1.29, 1.82) is 0 Å². The predicted octanol–water partition coefficient (Wildman–Crippen LogP) is 1.73. The summed E-state index contributed by atoms with van der Waals surface area (Å²) in [5, 5.41) is 0.522. The number of halogens is 1. The molecule has 1 N–H and O–H groups in total. The Kier molecular flexibility index (Phi) is 3.00. The third kappa shape index (κ3) is 2.17. The number of aromatic nitrogens is 1. The largest absolute Gasteiger partial charge is 0.355 e. The number of nitrogens with one attached hydrogen (secondary N) is 1. The molecule has 1 aromatic heterocycles. The van der Waals surface area contributed by atoms with E-state index in [4.69, 9.17) is 0 Å². The lowest BCUT2D eigenvalue weighted by Crippen LogP contribution is -2.29. The van der Waals surface area contributed by atoms with E-state index in [2.05, 4.69) is 4.98 Å². The molecule has 0 bridgehead atoms. The first-order valence-electron chi connectivity index (χ1n) is 4.86. The van der Waals surface area contributed by atoms with Crippen LogP contribution >= 0.6 is 11.8 Å². The van der Waals surface area contributed by atoms with Crippen LogP contribution in [-0.4, -0.2) is 40.4 Å². The molecule has 1 aliphatic rings. The smallest absolute Gasteiger partial charge is 0.270 e. The van der Waals surface area contributed by atoms with Crippen molar-refractivity contribution in [3.63, 3.8) is 0 Å². The Bertz CT molecular complexity index is 366.